The minimum atomic E-state index is -1.22. The summed E-state index contributed by atoms with van der Waals surface area (Å²) >= 11 is 1.42. The quantitative estimate of drug-likeness (QED) is 0.347. The van der Waals surface area contributed by atoms with Crippen molar-refractivity contribution in [1.29, 1.82) is 0 Å². The van der Waals surface area contributed by atoms with Gasteiger partial charge in [0.15, 0.2) is 5.13 Å². The molecule has 1 heterocycles. The van der Waals surface area contributed by atoms with E-state index in [1.807, 2.05) is 0 Å². The number of thiazole rings is 1. The molecule has 1 unspecified atom stereocenters. The highest BCUT2D eigenvalue weighted by atomic mass is 32.1. The lowest BCUT2D eigenvalue weighted by Crippen LogP contribution is -2.29. The van der Waals surface area contributed by atoms with Gasteiger partial charge in [0, 0.05) is 16.9 Å². The molecule has 6 nitrogen and oxygen atoms in total. The van der Waals surface area contributed by atoms with Crippen molar-refractivity contribution in [2.75, 3.05) is 5.32 Å². The summed E-state index contributed by atoms with van der Waals surface area (Å²) in [7, 11) is 0. The number of aliphatic hydroxyl groups is 1. The van der Waals surface area contributed by atoms with E-state index in [0.29, 0.717) is 41.4 Å². The van der Waals surface area contributed by atoms with Crippen LogP contribution >= 0.6 is 11.3 Å². The summed E-state index contributed by atoms with van der Waals surface area (Å²) in [5, 5.41) is 16.2. The standard InChI is InChI=1S/C22H27FN4O2S/c1-5-14(23)11-16(13(3)4)19(24-6-2)25-15-7-8-17-18(12-15)30-21(26-17)27-20(28)22(29)9-10-22/h5-6,11,15,29H,2-3,7-10,12H2,1,4H3,(H,24,25)(H,26,27,28)/b14-5+,16-11+. The molecule has 0 radical (unpaired) electrons. The van der Waals surface area contributed by atoms with Gasteiger partial charge in [-0.15, -0.1) is 11.3 Å². The van der Waals surface area contributed by atoms with Crippen LogP contribution in [0, 0.1) is 0 Å². The van der Waals surface area contributed by atoms with Crippen molar-refractivity contribution in [2.45, 2.75) is 57.6 Å². The zero-order valence-electron chi connectivity index (χ0n) is 17.3. The van der Waals surface area contributed by atoms with Gasteiger partial charge in [-0.1, -0.05) is 19.2 Å². The van der Waals surface area contributed by atoms with E-state index in [1.165, 1.54) is 29.7 Å². The van der Waals surface area contributed by atoms with Gasteiger partial charge in [0.1, 0.15) is 17.3 Å². The number of aliphatic imine (C=N–C) groups is 1. The Kier molecular flexibility index (Phi) is 6.67. The Morgan fingerprint density at radius 1 is 1.47 bits per heavy atom. The third-order valence-corrected chi connectivity index (χ3v) is 6.14. The Labute approximate surface area is 180 Å². The topological polar surface area (TPSA) is 86.6 Å². The van der Waals surface area contributed by atoms with E-state index in [4.69, 9.17) is 4.99 Å². The molecular formula is C22H27FN4O2S. The molecule has 1 saturated carbocycles. The van der Waals surface area contributed by atoms with E-state index in [1.54, 1.807) is 13.8 Å². The number of allylic oxidation sites excluding steroid dienone is 3. The number of carbonyl (C=O) groups is 1. The molecule has 1 fully saturated rings. The third-order valence-electron chi connectivity index (χ3n) is 5.10. The number of hydrogen-bond acceptors (Lipinski definition) is 5. The van der Waals surface area contributed by atoms with E-state index >= 15 is 0 Å². The Hall–Kier alpha value is -2.58. The minimum absolute atomic E-state index is 0.0204. The highest BCUT2D eigenvalue weighted by Gasteiger charge is 2.48. The molecule has 3 rings (SSSR count). The molecular weight excluding hydrogens is 403 g/mol. The van der Waals surface area contributed by atoms with Crippen molar-refractivity contribution in [3.8, 4) is 0 Å². The van der Waals surface area contributed by atoms with Crippen LogP contribution in [0.3, 0.4) is 0 Å². The van der Waals surface area contributed by atoms with Gasteiger partial charge in [-0.25, -0.2) is 9.37 Å². The molecule has 0 aromatic carbocycles. The smallest absolute Gasteiger partial charge is 0.258 e. The van der Waals surface area contributed by atoms with Crippen molar-refractivity contribution >= 4 is 28.2 Å². The first kappa shape index (κ1) is 22.1. The molecule has 2 aliphatic carbocycles. The van der Waals surface area contributed by atoms with E-state index in [2.05, 4.69) is 28.8 Å². The molecule has 1 atom stereocenters. The van der Waals surface area contributed by atoms with Crippen molar-refractivity contribution in [1.82, 2.24) is 10.3 Å². The van der Waals surface area contributed by atoms with Gasteiger partial charge in [-0.05, 0) is 57.4 Å². The second kappa shape index (κ2) is 9.06. The van der Waals surface area contributed by atoms with Gasteiger partial charge in [0.25, 0.3) is 5.91 Å². The predicted molar refractivity (Wildman–Crippen MR) is 119 cm³/mol. The zero-order valence-corrected chi connectivity index (χ0v) is 18.1. The highest BCUT2D eigenvalue weighted by molar-refractivity contribution is 7.15. The first-order chi connectivity index (χ1) is 14.3. The van der Waals surface area contributed by atoms with E-state index in [9.17, 15) is 14.3 Å². The lowest BCUT2D eigenvalue weighted by molar-refractivity contribution is -0.125. The SMILES string of the molecule is C=CNC(=NC1CCc2nc(NC(=O)C3(O)CC3)sc2C1)/C(=C/C(F)=C\C)C(=C)C. The molecule has 3 N–H and O–H groups in total. The lowest BCUT2D eigenvalue weighted by Gasteiger charge is -2.20. The number of anilines is 1. The van der Waals surface area contributed by atoms with E-state index in [0.717, 1.165) is 23.4 Å². The molecule has 0 spiro atoms. The summed E-state index contributed by atoms with van der Waals surface area (Å²) < 4.78 is 13.9. The number of aromatic nitrogens is 1. The van der Waals surface area contributed by atoms with Crippen LogP contribution in [-0.4, -0.2) is 33.5 Å². The van der Waals surface area contributed by atoms with Crippen molar-refractivity contribution in [2.24, 2.45) is 4.99 Å². The number of aryl methyl sites for hydroxylation is 1. The number of carbonyl (C=O) groups excluding carboxylic acids is 1. The van der Waals surface area contributed by atoms with Gasteiger partial charge in [0.05, 0.1) is 11.7 Å². The number of amidine groups is 1. The van der Waals surface area contributed by atoms with Gasteiger partial charge in [-0.2, -0.15) is 0 Å². The fraction of sp³-hybridized carbons (Fsp3) is 0.409. The maximum atomic E-state index is 13.9. The number of nitrogens with zero attached hydrogens (tertiary/aromatic N) is 2. The molecule has 160 valence electrons. The van der Waals surface area contributed by atoms with Gasteiger partial charge >= 0.3 is 0 Å². The molecule has 30 heavy (non-hydrogen) atoms. The Balaban J connectivity index is 1.79. The monoisotopic (exact) mass is 430 g/mol. The largest absolute Gasteiger partial charge is 0.380 e. The number of nitrogens with one attached hydrogen (secondary N) is 2. The van der Waals surface area contributed by atoms with Crippen LogP contribution in [0.2, 0.25) is 0 Å². The van der Waals surface area contributed by atoms with Crippen LogP contribution in [0.5, 0.6) is 0 Å². The fourth-order valence-electron chi connectivity index (χ4n) is 3.16. The average molecular weight is 431 g/mol. The summed E-state index contributed by atoms with van der Waals surface area (Å²) in [6.07, 6.45) is 7.48. The molecule has 1 amide bonds. The fourth-order valence-corrected chi connectivity index (χ4v) is 4.23. The average Bonchev–Trinajstić information content (AvgIpc) is 3.33. The van der Waals surface area contributed by atoms with Crippen LogP contribution in [0.1, 0.15) is 43.7 Å². The number of amides is 1. The van der Waals surface area contributed by atoms with Crippen LogP contribution in [-0.2, 0) is 17.6 Å². The summed E-state index contributed by atoms with van der Waals surface area (Å²) in [5.41, 5.74) is 1.01. The number of hydrogen-bond donors (Lipinski definition) is 3. The molecule has 1 aromatic rings. The van der Waals surface area contributed by atoms with Gasteiger partial charge in [-0.3, -0.25) is 15.1 Å². The molecule has 2 aliphatic rings. The van der Waals surface area contributed by atoms with Gasteiger partial charge in [0.2, 0.25) is 0 Å². The van der Waals surface area contributed by atoms with E-state index < -0.39 is 5.60 Å². The maximum Gasteiger partial charge on any atom is 0.258 e. The molecule has 0 bridgehead atoms. The molecule has 8 heteroatoms. The first-order valence-corrected chi connectivity index (χ1v) is 10.7. The predicted octanol–water partition coefficient (Wildman–Crippen LogP) is 3.97. The van der Waals surface area contributed by atoms with Crippen LogP contribution in [0.4, 0.5) is 9.52 Å². The van der Waals surface area contributed by atoms with Crippen LogP contribution in [0.15, 0.2) is 53.5 Å². The second-order valence-corrected chi connectivity index (χ2v) is 8.69. The normalized spacial score (nSPS) is 20.9. The van der Waals surface area contributed by atoms with Crippen LogP contribution < -0.4 is 10.6 Å². The maximum absolute atomic E-state index is 13.9. The van der Waals surface area contributed by atoms with Crippen LogP contribution in [0.25, 0.3) is 0 Å². The Bertz CT molecular complexity index is 956. The highest BCUT2D eigenvalue weighted by Crippen LogP contribution is 2.37. The Morgan fingerprint density at radius 3 is 2.80 bits per heavy atom. The lowest BCUT2D eigenvalue weighted by atomic mass is 9.97. The first-order valence-electron chi connectivity index (χ1n) is 9.93. The van der Waals surface area contributed by atoms with Crippen molar-refractivity contribution in [3.05, 3.63) is 59.1 Å². The molecule has 1 aromatic heterocycles. The minimum Gasteiger partial charge on any atom is -0.380 e. The molecule has 0 saturated heterocycles. The molecule has 0 aliphatic heterocycles. The Morgan fingerprint density at radius 2 is 2.20 bits per heavy atom. The third kappa shape index (κ3) is 5.12. The van der Waals surface area contributed by atoms with E-state index in [-0.39, 0.29) is 17.8 Å². The number of halogens is 1. The summed E-state index contributed by atoms with van der Waals surface area (Å²) in [6, 6.07) is -0.0204. The second-order valence-electron chi connectivity index (χ2n) is 7.61. The van der Waals surface area contributed by atoms with Gasteiger partial charge < -0.3 is 10.4 Å². The number of rotatable bonds is 7. The summed E-state index contributed by atoms with van der Waals surface area (Å²) in [6.45, 7) is 11.1. The van der Waals surface area contributed by atoms with Crippen molar-refractivity contribution in [3.63, 3.8) is 0 Å². The zero-order chi connectivity index (χ0) is 21.9. The number of fused-ring (bicyclic) bond motifs is 1. The van der Waals surface area contributed by atoms with Crippen molar-refractivity contribution < 1.29 is 14.3 Å². The summed E-state index contributed by atoms with van der Waals surface area (Å²) in [5.74, 6) is -0.225. The summed E-state index contributed by atoms with van der Waals surface area (Å²) in [4.78, 5) is 22.4.